The van der Waals surface area contributed by atoms with E-state index in [1.165, 1.54) is 11.3 Å². The number of thiophene rings is 1. The van der Waals surface area contributed by atoms with Crippen molar-refractivity contribution in [2.45, 2.75) is 20.3 Å². The normalized spacial score (nSPS) is 10.7. The standard InChI is InChI=1S/C16H14ClN3O2S/c1-9-11(10(2)22-20-9)8-15(21)19-12-4-3-7-18-16(12)13-5-6-14(17)23-13/h3-7H,8H2,1-2H3,(H,19,21). The highest BCUT2D eigenvalue weighted by Gasteiger charge is 2.16. The molecular weight excluding hydrogens is 334 g/mol. The molecule has 3 aromatic rings. The maximum Gasteiger partial charge on any atom is 0.229 e. The number of aromatic nitrogens is 2. The minimum absolute atomic E-state index is 0.142. The molecule has 3 heterocycles. The monoisotopic (exact) mass is 347 g/mol. The largest absolute Gasteiger partial charge is 0.361 e. The van der Waals surface area contributed by atoms with Crippen LogP contribution in [0, 0.1) is 13.8 Å². The van der Waals surface area contributed by atoms with Crippen LogP contribution in [0.25, 0.3) is 10.6 Å². The van der Waals surface area contributed by atoms with E-state index in [9.17, 15) is 4.79 Å². The number of halogens is 1. The summed E-state index contributed by atoms with van der Waals surface area (Å²) in [6.45, 7) is 3.62. The Morgan fingerprint density at radius 1 is 1.35 bits per heavy atom. The van der Waals surface area contributed by atoms with Crippen molar-refractivity contribution in [1.82, 2.24) is 10.1 Å². The molecule has 0 aliphatic rings. The fourth-order valence-electron chi connectivity index (χ4n) is 2.25. The summed E-state index contributed by atoms with van der Waals surface area (Å²) in [4.78, 5) is 17.6. The first kappa shape index (κ1) is 15.7. The molecule has 3 aromatic heterocycles. The molecule has 0 saturated carbocycles. The number of anilines is 1. The summed E-state index contributed by atoms with van der Waals surface area (Å²) >= 11 is 7.40. The summed E-state index contributed by atoms with van der Waals surface area (Å²) in [6, 6.07) is 7.30. The first-order chi connectivity index (χ1) is 11.0. The lowest BCUT2D eigenvalue weighted by atomic mass is 10.1. The van der Waals surface area contributed by atoms with Crippen molar-refractivity contribution in [2.75, 3.05) is 5.32 Å². The molecule has 0 unspecified atom stereocenters. The lowest BCUT2D eigenvalue weighted by Crippen LogP contribution is -2.16. The van der Waals surface area contributed by atoms with Crippen molar-refractivity contribution in [1.29, 1.82) is 0 Å². The Morgan fingerprint density at radius 3 is 2.83 bits per heavy atom. The summed E-state index contributed by atoms with van der Waals surface area (Å²) in [7, 11) is 0. The molecule has 23 heavy (non-hydrogen) atoms. The van der Waals surface area contributed by atoms with Crippen LogP contribution < -0.4 is 5.32 Å². The van der Waals surface area contributed by atoms with E-state index in [1.54, 1.807) is 19.2 Å². The Labute approximate surface area is 142 Å². The second-order valence-electron chi connectivity index (χ2n) is 5.03. The number of nitrogens with one attached hydrogen (secondary N) is 1. The maximum absolute atomic E-state index is 12.3. The third kappa shape index (κ3) is 3.43. The molecule has 0 atom stereocenters. The summed E-state index contributed by atoms with van der Waals surface area (Å²) in [6.07, 6.45) is 1.90. The van der Waals surface area contributed by atoms with Crippen LogP contribution in [0.1, 0.15) is 17.0 Å². The zero-order chi connectivity index (χ0) is 16.4. The molecule has 0 radical (unpaired) electrons. The van der Waals surface area contributed by atoms with Crippen LogP contribution in [-0.2, 0) is 11.2 Å². The van der Waals surface area contributed by atoms with Gasteiger partial charge in [-0.3, -0.25) is 9.78 Å². The second kappa shape index (κ2) is 6.52. The molecule has 0 saturated heterocycles. The van der Waals surface area contributed by atoms with Gasteiger partial charge in [-0.2, -0.15) is 0 Å². The topological polar surface area (TPSA) is 68.0 Å². The van der Waals surface area contributed by atoms with Crippen LogP contribution in [0.4, 0.5) is 5.69 Å². The van der Waals surface area contributed by atoms with E-state index < -0.39 is 0 Å². The van der Waals surface area contributed by atoms with E-state index in [-0.39, 0.29) is 12.3 Å². The van der Waals surface area contributed by atoms with Gasteiger partial charge < -0.3 is 9.84 Å². The molecule has 0 bridgehead atoms. The van der Waals surface area contributed by atoms with Gasteiger partial charge in [-0.15, -0.1) is 11.3 Å². The van der Waals surface area contributed by atoms with E-state index in [2.05, 4.69) is 15.5 Å². The molecule has 0 fully saturated rings. The molecule has 0 aromatic carbocycles. The zero-order valence-electron chi connectivity index (χ0n) is 12.6. The predicted octanol–water partition coefficient (Wildman–Crippen LogP) is 4.25. The first-order valence-corrected chi connectivity index (χ1v) is 8.16. The minimum Gasteiger partial charge on any atom is -0.361 e. The lowest BCUT2D eigenvalue weighted by Gasteiger charge is -2.09. The fraction of sp³-hybridized carbons (Fsp3) is 0.188. The number of carbonyl (C=O) groups is 1. The highest BCUT2D eigenvalue weighted by molar-refractivity contribution is 7.19. The number of hydrogen-bond acceptors (Lipinski definition) is 5. The van der Waals surface area contributed by atoms with Crippen LogP contribution >= 0.6 is 22.9 Å². The highest BCUT2D eigenvalue weighted by Crippen LogP contribution is 2.33. The molecule has 0 aliphatic carbocycles. The molecule has 5 nitrogen and oxygen atoms in total. The van der Waals surface area contributed by atoms with Gasteiger partial charge in [-0.05, 0) is 38.1 Å². The zero-order valence-corrected chi connectivity index (χ0v) is 14.2. The number of hydrogen-bond donors (Lipinski definition) is 1. The van der Waals surface area contributed by atoms with Crippen molar-refractivity contribution in [3.8, 4) is 10.6 Å². The molecule has 0 spiro atoms. The summed E-state index contributed by atoms with van der Waals surface area (Å²) in [5.74, 6) is 0.519. The van der Waals surface area contributed by atoms with E-state index >= 15 is 0 Å². The minimum atomic E-state index is -0.142. The Bertz CT molecular complexity index is 837. The quantitative estimate of drug-likeness (QED) is 0.766. The Balaban J connectivity index is 1.82. The van der Waals surface area contributed by atoms with E-state index in [1.807, 2.05) is 25.1 Å². The van der Waals surface area contributed by atoms with Crippen molar-refractivity contribution in [3.63, 3.8) is 0 Å². The van der Waals surface area contributed by atoms with Crippen molar-refractivity contribution in [2.24, 2.45) is 0 Å². The van der Waals surface area contributed by atoms with Crippen molar-refractivity contribution >= 4 is 34.5 Å². The molecular formula is C16H14ClN3O2S. The van der Waals surface area contributed by atoms with Crippen LogP contribution in [-0.4, -0.2) is 16.0 Å². The number of rotatable bonds is 4. The van der Waals surface area contributed by atoms with Crippen molar-refractivity contribution in [3.05, 3.63) is 51.8 Å². The maximum atomic E-state index is 12.3. The Morgan fingerprint density at radius 2 is 2.17 bits per heavy atom. The van der Waals surface area contributed by atoms with E-state index in [0.717, 1.165) is 16.1 Å². The van der Waals surface area contributed by atoms with Gasteiger partial charge in [0.2, 0.25) is 5.91 Å². The van der Waals surface area contributed by atoms with Crippen LogP contribution in [0.15, 0.2) is 35.0 Å². The van der Waals surface area contributed by atoms with Crippen LogP contribution in [0.5, 0.6) is 0 Å². The molecule has 3 rings (SSSR count). The number of nitrogens with zero attached hydrogens (tertiary/aromatic N) is 2. The highest BCUT2D eigenvalue weighted by atomic mass is 35.5. The average molecular weight is 348 g/mol. The van der Waals surface area contributed by atoms with Gasteiger partial charge in [-0.25, -0.2) is 0 Å². The summed E-state index contributed by atoms with van der Waals surface area (Å²) < 4.78 is 5.77. The molecule has 1 N–H and O–H groups in total. The SMILES string of the molecule is Cc1noc(C)c1CC(=O)Nc1cccnc1-c1ccc(Cl)s1. The lowest BCUT2D eigenvalue weighted by molar-refractivity contribution is -0.115. The Hall–Kier alpha value is -2.18. The van der Waals surface area contributed by atoms with Gasteiger partial charge in [0.1, 0.15) is 11.5 Å². The van der Waals surface area contributed by atoms with Crippen LogP contribution in [0.3, 0.4) is 0 Å². The third-order valence-electron chi connectivity index (χ3n) is 3.41. The second-order valence-corrected chi connectivity index (χ2v) is 6.75. The van der Waals surface area contributed by atoms with Gasteiger partial charge in [0.25, 0.3) is 0 Å². The first-order valence-electron chi connectivity index (χ1n) is 6.97. The van der Waals surface area contributed by atoms with Gasteiger partial charge in [0.05, 0.1) is 27.0 Å². The molecule has 1 amide bonds. The number of amides is 1. The van der Waals surface area contributed by atoms with Gasteiger partial charge in [0, 0.05) is 11.8 Å². The molecule has 0 aliphatic heterocycles. The summed E-state index contributed by atoms with van der Waals surface area (Å²) in [5, 5.41) is 6.77. The smallest absolute Gasteiger partial charge is 0.229 e. The van der Waals surface area contributed by atoms with Gasteiger partial charge in [0.15, 0.2) is 0 Å². The fourth-order valence-corrected chi connectivity index (χ4v) is 3.31. The number of carbonyl (C=O) groups excluding carboxylic acids is 1. The molecule has 7 heteroatoms. The third-order valence-corrected chi connectivity index (χ3v) is 4.64. The number of aryl methyl sites for hydroxylation is 2. The molecule has 118 valence electrons. The number of pyridine rings is 1. The van der Waals surface area contributed by atoms with E-state index in [4.69, 9.17) is 16.1 Å². The van der Waals surface area contributed by atoms with Crippen LogP contribution in [0.2, 0.25) is 4.34 Å². The van der Waals surface area contributed by atoms with Gasteiger partial charge in [-0.1, -0.05) is 16.8 Å². The average Bonchev–Trinajstić information content (AvgIpc) is 3.08. The predicted molar refractivity (Wildman–Crippen MR) is 90.9 cm³/mol. The Kier molecular flexibility index (Phi) is 4.45. The van der Waals surface area contributed by atoms with Gasteiger partial charge >= 0.3 is 0 Å². The summed E-state index contributed by atoms with van der Waals surface area (Å²) in [5.41, 5.74) is 2.90. The van der Waals surface area contributed by atoms with E-state index in [0.29, 0.717) is 21.5 Å². The van der Waals surface area contributed by atoms with Crippen molar-refractivity contribution < 1.29 is 9.32 Å².